The van der Waals surface area contributed by atoms with Crippen LogP contribution in [0.15, 0.2) is 54.6 Å². The number of hydrogen-bond acceptors (Lipinski definition) is 3. The molecule has 0 unspecified atom stereocenters. The van der Waals surface area contributed by atoms with Crippen LogP contribution >= 0.6 is 0 Å². The number of amides is 3. The third-order valence-corrected chi connectivity index (χ3v) is 4.92. The van der Waals surface area contributed by atoms with E-state index in [1.807, 2.05) is 42.5 Å². The predicted molar refractivity (Wildman–Crippen MR) is 102 cm³/mol. The van der Waals surface area contributed by atoms with Gasteiger partial charge in [-0.1, -0.05) is 42.5 Å². The first-order chi connectivity index (χ1) is 13.0. The van der Waals surface area contributed by atoms with Crippen LogP contribution in [0.5, 0.6) is 5.75 Å². The number of nitrogens with one attached hydrogen (secondary N) is 2. The molecule has 0 aliphatic carbocycles. The van der Waals surface area contributed by atoms with Gasteiger partial charge in [-0.25, -0.2) is 9.59 Å². The van der Waals surface area contributed by atoms with Gasteiger partial charge in [-0.05, 0) is 30.5 Å². The van der Waals surface area contributed by atoms with Crippen molar-refractivity contribution in [2.45, 2.75) is 18.4 Å². The highest BCUT2D eigenvalue weighted by molar-refractivity contribution is 5.91. The van der Waals surface area contributed by atoms with E-state index in [1.165, 1.54) is 4.90 Å². The molecule has 2 aromatic carbocycles. The van der Waals surface area contributed by atoms with Crippen molar-refractivity contribution >= 4 is 17.8 Å². The first kappa shape index (κ1) is 18.6. The van der Waals surface area contributed by atoms with Crippen molar-refractivity contribution in [1.29, 1.82) is 0 Å². The van der Waals surface area contributed by atoms with Crippen LogP contribution in [-0.4, -0.2) is 42.3 Å². The number of ether oxygens (including phenoxy) is 1. The summed E-state index contributed by atoms with van der Waals surface area (Å²) in [6.07, 6.45) is 0.0702. The largest absolute Gasteiger partial charge is 0.495 e. The van der Waals surface area contributed by atoms with Crippen molar-refractivity contribution in [3.63, 3.8) is 0 Å². The van der Waals surface area contributed by atoms with Gasteiger partial charge in [0, 0.05) is 13.1 Å². The Kier molecular flexibility index (Phi) is 5.49. The molecule has 1 fully saturated rings. The molecule has 0 spiro atoms. The number of hydrogen-bond donors (Lipinski definition) is 3. The Morgan fingerprint density at radius 1 is 1.04 bits per heavy atom. The van der Waals surface area contributed by atoms with Crippen LogP contribution in [-0.2, 0) is 5.54 Å². The van der Waals surface area contributed by atoms with Gasteiger partial charge in [0.25, 0.3) is 0 Å². The van der Waals surface area contributed by atoms with Crippen molar-refractivity contribution in [3.8, 4) is 5.75 Å². The maximum Gasteiger partial charge on any atom is 0.407 e. The van der Waals surface area contributed by atoms with Gasteiger partial charge in [0.1, 0.15) is 5.75 Å². The minimum Gasteiger partial charge on any atom is -0.495 e. The number of para-hydroxylation sites is 2. The molecule has 0 bridgehead atoms. The summed E-state index contributed by atoms with van der Waals surface area (Å²) in [4.78, 5) is 25.4. The first-order valence-electron chi connectivity index (χ1n) is 8.80. The van der Waals surface area contributed by atoms with Crippen LogP contribution in [0.3, 0.4) is 0 Å². The number of piperidine rings is 1. The molecule has 3 rings (SSSR count). The average molecular weight is 369 g/mol. The molecule has 1 aliphatic rings. The van der Waals surface area contributed by atoms with E-state index in [9.17, 15) is 14.7 Å². The van der Waals surface area contributed by atoms with E-state index in [0.717, 1.165) is 5.56 Å². The summed E-state index contributed by atoms with van der Waals surface area (Å²) >= 11 is 0. The van der Waals surface area contributed by atoms with Crippen LogP contribution in [0, 0.1) is 0 Å². The van der Waals surface area contributed by atoms with Gasteiger partial charge >= 0.3 is 12.1 Å². The fourth-order valence-corrected chi connectivity index (χ4v) is 3.44. The smallest absolute Gasteiger partial charge is 0.407 e. The van der Waals surface area contributed by atoms with Crippen LogP contribution in [0.2, 0.25) is 0 Å². The zero-order chi connectivity index (χ0) is 19.3. The molecule has 27 heavy (non-hydrogen) atoms. The summed E-state index contributed by atoms with van der Waals surface area (Å²) in [7, 11) is 1.55. The second-order valence-electron chi connectivity index (χ2n) is 6.50. The van der Waals surface area contributed by atoms with Crippen molar-refractivity contribution in [2.24, 2.45) is 0 Å². The Bertz CT molecular complexity index is 802. The average Bonchev–Trinajstić information content (AvgIpc) is 2.69. The molecule has 0 atom stereocenters. The molecule has 1 heterocycles. The van der Waals surface area contributed by atoms with Gasteiger partial charge in [-0.3, -0.25) is 0 Å². The molecule has 3 amide bonds. The number of likely N-dealkylation sites (tertiary alicyclic amines) is 1. The highest BCUT2D eigenvalue weighted by Gasteiger charge is 2.38. The number of benzene rings is 2. The summed E-state index contributed by atoms with van der Waals surface area (Å²) in [5.41, 5.74) is 0.910. The SMILES string of the molecule is COc1ccccc1NC(=O)NC1(c2ccccc2)CCN(C(=O)O)CC1. The summed E-state index contributed by atoms with van der Waals surface area (Å²) < 4.78 is 5.27. The number of carbonyl (C=O) groups is 2. The number of nitrogens with zero attached hydrogens (tertiary/aromatic N) is 1. The topological polar surface area (TPSA) is 90.9 Å². The third-order valence-electron chi connectivity index (χ3n) is 4.92. The molecular weight excluding hydrogens is 346 g/mol. The molecule has 0 radical (unpaired) electrons. The lowest BCUT2D eigenvalue weighted by Crippen LogP contribution is -2.54. The number of urea groups is 1. The number of carboxylic acid groups (broad SMARTS) is 1. The highest BCUT2D eigenvalue weighted by atomic mass is 16.5. The normalized spacial score (nSPS) is 15.7. The molecule has 1 aliphatic heterocycles. The molecular formula is C20H23N3O4. The molecule has 142 valence electrons. The minimum absolute atomic E-state index is 0.355. The summed E-state index contributed by atoms with van der Waals surface area (Å²) in [6.45, 7) is 0.721. The highest BCUT2D eigenvalue weighted by Crippen LogP contribution is 2.33. The van der Waals surface area contributed by atoms with Crippen LogP contribution < -0.4 is 15.4 Å². The predicted octanol–water partition coefficient (Wildman–Crippen LogP) is 3.49. The zero-order valence-corrected chi connectivity index (χ0v) is 15.1. The molecule has 7 heteroatoms. The Labute approximate surface area is 157 Å². The Hall–Kier alpha value is -3.22. The fraction of sp³-hybridized carbons (Fsp3) is 0.300. The van der Waals surface area contributed by atoms with Crippen molar-refractivity contribution in [3.05, 3.63) is 60.2 Å². The van der Waals surface area contributed by atoms with Crippen LogP contribution in [0.4, 0.5) is 15.3 Å². The zero-order valence-electron chi connectivity index (χ0n) is 15.1. The lowest BCUT2D eigenvalue weighted by atomic mass is 9.81. The van der Waals surface area contributed by atoms with Gasteiger partial charge in [0.15, 0.2) is 0 Å². The Morgan fingerprint density at radius 2 is 1.67 bits per heavy atom. The minimum atomic E-state index is -0.935. The van der Waals surface area contributed by atoms with Crippen molar-refractivity contribution in [1.82, 2.24) is 10.2 Å². The van der Waals surface area contributed by atoms with Crippen LogP contribution in [0.25, 0.3) is 0 Å². The third kappa shape index (κ3) is 4.13. The maximum absolute atomic E-state index is 12.7. The second kappa shape index (κ2) is 7.99. The monoisotopic (exact) mass is 369 g/mol. The molecule has 1 saturated heterocycles. The Balaban J connectivity index is 1.80. The number of carbonyl (C=O) groups excluding carboxylic acids is 1. The summed E-state index contributed by atoms with van der Waals surface area (Å²) in [5, 5.41) is 15.1. The summed E-state index contributed by atoms with van der Waals surface area (Å²) in [6, 6.07) is 16.5. The van der Waals surface area contributed by atoms with Gasteiger partial charge in [0.05, 0.1) is 18.3 Å². The van der Waals surface area contributed by atoms with E-state index in [0.29, 0.717) is 37.4 Å². The fourth-order valence-electron chi connectivity index (χ4n) is 3.44. The van der Waals surface area contributed by atoms with E-state index in [-0.39, 0.29) is 6.03 Å². The number of rotatable bonds is 4. The lowest BCUT2D eigenvalue weighted by Gasteiger charge is -2.42. The number of anilines is 1. The first-order valence-corrected chi connectivity index (χ1v) is 8.80. The molecule has 2 aromatic rings. The van der Waals surface area contributed by atoms with E-state index < -0.39 is 11.6 Å². The van der Waals surface area contributed by atoms with E-state index in [4.69, 9.17) is 4.74 Å². The van der Waals surface area contributed by atoms with Gasteiger partial charge in [-0.15, -0.1) is 0 Å². The molecule has 0 aromatic heterocycles. The van der Waals surface area contributed by atoms with E-state index in [2.05, 4.69) is 10.6 Å². The Morgan fingerprint density at radius 3 is 2.30 bits per heavy atom. The molecule has 7 nitrogen and oxygen atoms in total. The molecule has 0 saturated carbocycles. The lowest BCUT2D eigenvalue weighted by molar-refractivity contribution is 0.109. The van der Waals surface area contributed by atoms with Gasteiger partial charge in [0.2, 0.25) is 0 Å². The van der Waals surface area contributed by atoms with Gasteiger partial charge < -0.3 is 25.4 Å². The number of methoxy groups -OCH3 is 1. The summed E-state index contributed by atoms with van der Waals surface area (Å²) in [5.74, 6) is 0.571. The van der Waals surface area contributed by atoms with Gasteiger partial charge in [-0.2, -0.15) is 0 Å². The maximum atomic E-state index is 12.7. The standard InChI is InChI=1S/C20H23N3O4/c1-27-17-10-6-5-9-16(17)21-18(24)22-20(15-7-3-2-4-8-15)11-13-23(14-12-20)19(25)26/h2-10H,11-14H2,1H3,(H,25,26)(H2,21,22,24). The van der Waals surface area contributed by atoms with Crippen molar-refractivity contribution in [2.75, 3.05) is 25.5 Å². The van der Waals surface area contributed by atoms with E-state index in [1.54, 1.807) is 19.2 Å². The van der Waals surface area contributed by atoms with Crippen LogP contribution in [0.1, 0.15) is 18.4 Å². The van der Waals surface area contributed by atoms with Crippen molar-refractivity contribution < 1.29 is 19.4 Å². The van der Waals surface area contributed by atoms with E-state index >= 15 is 0 Å². The quantitative estimate of drug-likeness (QED) is 0.769. The second-order valence-corrected chi connectivity index (χ2v) is 6.50. The molecule has 3 N–H and O–H groups in total.